The predicted octanol–water partition coefficient (Wildman–Crippen LogP) is 3.18. The highest BCUT2D eigenvalue weighted by atomic mass is 32.2. The maximum absolute atomic E-state index is 12.0. The molecule has 1 saturated carbocycles. The fraction of sp³-hybridized carbons (Fsp3) is 0.500. The molecule has 1 aliphatic rings. The number of aliphatic imine (C=N–C) groups is 1. The van der Waals surface area contributed by atoms with Gasteiger partial charge >= 0.3 is 5.97 Å². The zero-order valence-corrected chi connectivity index (χ0v) is 17.1. The van der Waals surface area contributed by atoms with Gasteiger partial charge in [0.1, 0.15) is 19.3 Å². The lowest BCUT2D eigenvalue weighted by Gasteiger charge is -2.25. The van der Waals surface area contributed by atoms with Crippen LogP contribution in [0.3, 0.4) is 0 Å². The van der Waals surface area contributed by atoms with Gasteiger partial charge in [0.05, 0.1) is 10.9 Å². The molecule has 1 aliphatic carbocycles. The molecular formula is C20H27NO6S. The van der Waals surface area contributed by atoms with Crippen molar-refractivity contribution in [2.45, 2.75) is 56.6 Å². The van der Waals surface area contributed by atoms with E-state index in [4.69, 9.17) is 13.7 Å². The molecule has 154 valence electrons. The van der Waals surface area contributed by atoms with Crippen LogP contribution in [0.15, 0.2) is 46.3 Å². The molecule has 0 aromatic heterocycles. The number of carbonyl (C=O) groups excluding carboxylic acids is 1. The normalized spacial score (nSPS) is 20.1. The Morgan fingerprint density at radius 3 is 2.43 bits per heavy atom. The molecule has 0 spiro atoms. The number of hydrogen-bond acceptors (Lipinski definition) is 7. The first-order valence-corrected chi connectivity index (χ1v) is 10.6. The van der Waals surface area contributed by atoms with Crippen LogP contribution in [0.25, 0.3) is 0 Å². The molecule has 7 nitrogen and oxygen atoms in total. The van der Waals surface area contributed by atoms with E-state index in [9.17, 15) is 13.2 Å². The third-order valence-electron chi connectivity index (χ3n) is 4.36. The van der Waals surface area contributed by atoms with E-state index in [1.54, 1.807) is 19.1 Å². The van der Waals surface area contributed by atoms with Gasteiger partial charge in [0.2, 0.25) is 0 Å². The zero-order valence-electron chi connectivity index (χ0n) is 16.3. The standard InChI is InChI=1S/C20H27NO6S/c1-15(2)20(22)27-18-8-6-17(7-9-18)21-14-25-12-13-26-28(23,24)19-10-4-16(3)5-11-19/h4-5,10-11,14,17-18H,1,6-9,12-13H2,2-3H3. The number of carbonyl (C=O) groups is 1. The zero-order chi connectivity index (χ0) is 20.6. The van der Waals surface area contributed by atoms with Gasteiger partial charge in [0.25, 0.3) is 10.1 Å². The third kappa shape index (κ3) is 7.09. The quantitative estimate of drug-likeness (QED) is 0.155. The summed E-state index contributed by atoms with van der Waals surface area (Å²) < 4.78 is 39.6. The molecule has 0 bridgehead atoms. The Bertz CT molecular complexity index is 792. The summed E-state index contributed by atoms with van der Waals surface area (Å²) in [4.78, 5) is 16.0. The lowest BCUT2D eigenvalue weighted by Crippen LogP contribution is -2.26. The molecular weight excluding hydrogens is 382 g/mol. The maximum Gasteiger partial charge on any atom is 0.333 e. The van der Waals surface area contributed by atoms with Gasteiger partial charge in [-0.15, -0.1) is 0 Å². The lowest BCUT2D eigenvalue weighted by atomic mass is 9.93. The molecule has 0 saturated heterocycles. The van der Waals surface area contributed by atoms with Crippen LogP contribution in [0.4, 0.5) is 0 Å². The minimum atomic E-state index is -3.78. The van der Waals surface area contributed by atoms with Crippen LogP contribution in [-0.2, 0) is 28.6 Å². The molecule has 0 aliphatic heterocycles. The molecule has 0 heterocycles. The summed E-state index contributed by atoms with van der Waals surface area (Å²) in [6.07, 6.45) is 4.35. The lowest BCUT2D eigenvalue weighted by molar-refractivity contribution is -0.145. The van der Waals surface area contributed by atoms with Crippen LogP contribution in [0.2, 0.25) is 0 Å². The fourth-order valence-electron chi connectivity index (χ4n) is 2.71. The molecule has 8 heteroatoms. The van der Waals surface area contributed by atoms with Crippen molar-refractivity contribution in [1.29, 1.82) is 0 Å². The number of ether oxygens (including phenoxy) is 2. The molecule has 0 unspecified atom stereocenters. The molecule has 1 aromatic rings. The monoisotopic (exact) mass is 409 g/mol. The van der Waals surface area contributed by atoms with Crippen LogP contribution in [-0.4, -0.2) is 46.1 Å². The molecule has 2 rings (SSSR count). The number of benzene rings is 1. The Kier molecular flexibility index (Phi) is 8.19. The van der Waals surface area contributed by atoms with Crippen molar-refractivity contribution in [3.8, 4) is 0 Å². The summed E-state index contributed by atoms with van der Waals surface area (Å²) in [6, 6.07) is 6.56. The fourth-order valence-corrected chi connectivity index (χ4v) is 3.60. The molecule has 0 radical (unpaired) electrons. The van der Waals surface area contributed by atoms with Gasteiger partial charge in [0, 0.05) is 5.57 Å². The van der Waals surface area contributed by atoms with E-state index in [1.807, 2.05) is 6.92 Å². The van der Waals surface area contributed by atoms with Gasteiger partial charge in [-0.1, -0.05) is 24.3 Å². The molecule has 0 amide bonds. The molecule has 1 aromatic carbocycles. The van der Waals surface area contributed by atoms with Crippen molar-refractivity contribution in [2.24, 2.45) is 4.99 Å². The first-order chi connectivity index (χ1) is 13.3. The molecule has 28 heavy (non-hydrogen) atoms. The van der Waals surface area contributed by atoms with Crippen molar-refractivity contribution in [3.05, 3.63) is 42.0 Å². The van der Waals surface area contributed by atoms with Gasteiger partial charge in [-0.05, 0) is 51.7 Å². The van der Waals surface area contributed by atoms with Crippen LogP contribution >= 0.6 is 0 Å². The van der Waals surface area contributed by atoms with Gasteiger partial charge in [0.15, 0.2) is 6.40 Å². The highest BCUT2D eigenvalue weighted by molar-refractivity contribution is 7.86. The number of nitrogens with zero attached hydrogens (tertiary/aromatic N) is 1. The third-order valence-corrected chi connectivity index (χ3v) is 5.69. The van der Waals surface area contributed by atoms with Crippen molar-refractivity contribution < 1.29 is 26.9 Å². The van der Waals surface area contributed by atoms with Crippen molar-refractivity contribution >= 4 is 22.5 Å². The van der Waals surface area contributed by atoms with Crippen molar-refractivity contribution in [1.82, 2.24) is 0 Å². The van der Waals surface area contributed by atoms with Gasteiger partial charge in [-0.2, -0.15) is 8.42 Å². The average molecular weight is 410 g/mol. The number of aryl methyl sites for hydroxylation is 1. The van der Waals surface area contributed by atoms with E-state index >= 15 is 0 Å². The Labute approximate surface area is 166 Å². The number of esters is 1. The van der Waals surface area contributed by atoms with E-state index in [-0.39, 0.29) is 36.2 Å². The molecule has 0 atom stereocenters. The number of hydrogen-bond donors (Lipinski definition) is 0. The van der Waals surface area contributed by atoms with Crippen LogP contribution in [0.1, 0.15) is 38.2 Å². The summed E-state index contributed by atoms with van der Waals surface area (Å²) >= 11 is 0. The predicted molar refractivity (Wildman–Crippen MR) is 106 cm³/mol. The minimum Gasteiger partial charge on any atom is -0.481 e. The number of rotatable bonds is 9. The Morgan fingerprint density at radius 1 is 1.18 bits per heavy atom. The summed E-state index contributed by atoms with van der Waals surface area (Å²) in [5.74, 6) is -0.351. The van der Waals surface area contributed by atoms with Crippen LogP contribution in [0, 0.1) is 6.92 Å². The Hall–Kier alpha value is -2.19. The summed E-state index contributed by atoms with van der Waals surface area (Å²) in [6.45, 7) is 7.08. The second-order valence-corrected chi connectivity index (χ2v) is 8.45. The Balaban J connectivity index is 1.63. The SMILES string of the molecule is C=C(C)C(=O)OC1CCC(N=COCCOS(=O)(=O)c2ccc(C)cc2)CC1. The highest BCUT2D eigenvalue weighted by Crippen LogP contribution is 2.24. The van der Waals surface area contributed by atoms with Crippen molar-refractivity contribution in [3.63, 3.8) is 0 Å². The van der Waals surface area contributed by atoms with Gasteiger partial charge < -0.3 is 9.47 Å². The summed E-state index contributed by atoms with van der Waals surface area (Å²) in [5.41, 5.74) is 1.38. The van der Waals surface area contributed by atoms with E-state index in [0.29, 0.717) is 5.57 Å². The first kappa shape index (κ1) is 22.1. The maximum atomic E-state index is 12.0. The van der Waals surface area contributed by atoms with E-state index in [2.05, 4.69) is 11.6 Å². The first-order valence-electron chi connectivity index (χ1n) is 9.24. The summed E-state index contributed by atoms with van der Waals surface area (Å²) in [5, 5.41) is 0. The largest absolute Gasteiger partial charge is 0.481 e. The highest BCUT2D eigenvalue weighted by Gasteiger charge is 2.23. The van der Waals surface area contributed by atoms with Crippen molar-refractivity contribution in [2.75, 3.05) is 13.2 Å². The van der Waals surface area contributed by atoms with E-state index in [1.165, 1.54) is 18.5 Å². The second-order valence-electron chi connectivity index (χ2n) is 6.83. The molecule has 0 N–H and O–H groups in total. The Morgan fingerprint density at radius 2 is 1.82 bits per heavy atom. The topological polar surface area (TPSA) is 91.3 Å². The van der Waals surface area contributed by atoms with Crippen LogP contribution in [0.5, 0.6) is 0 Å². The minimum absolute atomic E-state index is 0.0835. The van der Waals surface area contributed by atoms with Gasteiger partial charge in [-0.3, -0.25) is 9.18 Å². The second kappa shape index (κ2) is 10.4. The molecule has 1 fully saturated rings. The summed E-state index contributed by atoms with van der Waals surface area (Å²) in [7, 11) is -3.78. The van der Waals surface area contributed by atoms with Crippen LogP contribution < -0.4 is 0 Å². The van der Waals surface area contributed by atoms with E-state index < -0.39 is 10.1 Å². The smallest absolute Gasteiger partial charge is 0.333 e. The van der Waals surface area contributed by atoms with E-state index in [0.717, 1.165) is 31.2 Å². The van der Waals surface area contributed by atoms with Gasteiger partial charge in [-0.25, -0.2) is 4.79 Å². The average Bonchev–Trinajstić information content (AvgIpc) is 2.66.